The number of nitrogens with zero attached hydrogens (tertiary/aromatic N) is 3. The number of aromatic nitrogens is 2. The Bertz CT molecular complexity index is 538. The maximum atomic E-state index is 4.66. The fourth-order valence-corrected chi connectivity index (χ4v) is 2.62. The molecule has 138 valence electrons. The van der Waals surface area contributed by atoms with Crippen LogP contribution in [-0.4, -0.2) is 47.0 Å². The summed E-state index contributed by atoms with van der Waals surface area (Å²) in [4.78, 5) is 4.66. The highest BCUT2D eigenvalue weighted by Gasteiger charge is 2.14. The van der Waals surface area contributed by atoms with Gasteiger partial charge in [-0.15, -0.1) is 0 Å². The van der Waals surface area contributed by atoms with Gasteiger partial charge in [-0.2, -0.15) is 5.10 Å². The number of hydrogen-bond donors (Lipinski definition) is 3. The maximum Gasteiger partial charge on any atom is 0.191 e. The van der Waals surface area contributed by atoms with Crippen LogP contribution in [0.4, 0.5) is 0 Å². The van der Waals surface area contributed by atoms with E-state index in [1.165, 1.54) is 11.3 Å². The molecule has 0 amide bonds. The van der Waals surface area contributed by atoms with Crippen molar-refractivity contribution in [1.82, 2.24) is 25.7 Å². The van der Waals surface area contributed by atoms with E-state index in [-0.39, 0.29) is 5.54 Å². The van der Waals surface area contributed by atoms with Crippen LogP contribution >= 0.6 is 0 Å². The van der Waals surface area contributed by atoms with Crippen LogP contribution < -0.4 is 16.0 Å². The van der Waals surface area contributed by atoms with Crippen LogP contribution in [-0.2, 0) is 13.5 Å². The topological polar surface area (TPSA) is 66.3 Å². The summed E-state index contributed by atoms with van der Waals surface area (Å²) < 4.78 is 1.95. The van der Waals surface area contributed by atoms with E-state index in [0.717, 1.165) is 37.7 Å². The van der Waals surface area contributed by atoms with Crippen molar-refractivity contribution < 1.29 is 0 Å². The van der Waals surface area contributed by atoms with E-state index in [4.69, 9.17) is 0 Å². The first kappa shape index (κ1) is 20.5. The lowest BCUT2D eigenvalue weighted by molar-refractivity contribution is 0.432. The van der Waals surface area contributed by atoms with Gasteiger partial charge in [0.2, 0.25) is 0 Å². The van der Waals surface area contributed by atoms with Gasteiger partial charge in [-0.05, 0) is 60.5 Å². The summed E-state index contributed by atoms with van der Waals surface area (Å²) >= 11 is 0. The fraction of sp³-hybridized carbons (Fsp3) is 0.778. The highest BCUT2D eigenvalue weighted by Crippen LogP contribution is 2.14. The normalized spacial score (nSPS) is 13.9. The molecule has 1 aromatic heterocycles. The SMILES string of the molecule is CCNC(=NCCNC(C)(C)C)NC(C)Cc1c(C)nn(C)c1C. The number of nitrogens with one attached hydrogen (secondary N) is 3. The van der Waals surface area contributed by atoms with Gasteiger partial charge in [0.25, 0.3) is 0 Å². The molecule has 6 heteroatoms. The molecule has 0 spiro atoms. The molecule has 0 saturated heterocycles. The van der Waals surface area contributed by atoms with Gasteiger partial charge in [0.1, 0.15) is 0 Å². The Morgan fingerprint density at radius 2 is 1.96 bits per heavy atom. The molecule has 0 fully saturated rings. The molecule has 1 rings (SSSR count). The van der Waals surface area contributed by atoms with Gasteiger partial charge in [-0.3, -0.25) is 9.67 Å². The molecule has 0 aromatic carbocycles. The van der Waals surface area contributed by atoms with Crippen molar-refractivity contribution >= 4 is 5.96 Å². The van der Waals surface area contributed by atoms with Crippen molar-refractivity contribution in [3.05, 3.63) is 17.0 Å². The molecule has 0 bridgehead atoms. The van der Waals surface area contributed by atoms with Crippen molar-refractivity contribution in [2.24, 2.45) is 12.0 Å². The number of aryl methyl sites for hydroxylation is 2. The zero-order valence-electron chi connectivity index (χ0n) is 16.7. The number of hydrogen-bond acceptors (Lipinski definition) is 3. The summed E-state index contributed by atoms with van der Waals surface area (Å²) in [5.74, 6) is 0.875. The minimum atomic E-state index is 0.129. The predicted molar refractivity (Wildman–Crippen MR) is 103 cm³/mol. The molecule has 6 nitrogen and oxygen atoms in total. The molecule has 0 aliphatic heterocycles. The fourth-order valence-electron chi connectivity index (χ4n) is 2.62. The van der Waals surface area contributed by atoms with E-state index in [1.807, 2.05) is 11.7 Å². The Balaban J connectivity index is 2.60. The summed E-state index contributed by atoms with van der Waals surface area (Å²) in [5.41, 5.74) is 3.80. The predicted octanol–water partition coefficient (Wildman–Crippen LogP) is 1.91. The van der Waals surface area contributed by atoms with E-state index in [1.54, 1.807) is 0 Å². The monoisotopic (exact) mass is 336 g/mol. The number of rotatable bonds is 7. The van der Waals surface area contributed by atoms with Gasteiger partial charge in [0, 0.05) is 37.4 Å². The maximum absolute atomic E-state index is 4.66. The van der Waals surface area contributed by atoms with E-state index >= 15 is 0 Å². The molecule has 0 aliphatic rings. The van der Waals surface area contributed by atoms with E-state index < -0.39 is 0 Å². The summed E-state index contributed by atoms with van der Waals surface area (Å²) in [5, 5.41) is 14.8. The second-order valence-electron chi connectivity index (χ2n) is 7.46. The smallest absolute Gasteiger partial charge is 0.191 e. The van der Waals surface area contributed by atoms with Crippen LogP contribution in [0.2, 0.25) is 0 Å². The summed E-state index contributed by atoms with van der Waals surface area (Å²) in [6, 6.07) is 0.292. The highest BCUT2D eigenvalue weighted by molar-refractivity contribution is 5.80. The van der Waals surface area contributed by atoms with E-state index in [2.05, 4.69) is 74.5 Å². The van der Waals surface area contributed by atoms with Crippen LogP contribution in [0.15, 0.2) is 4.99 Å². The Labute approximate surface area is 147 Å². The van der Waals surface area contributed by atoms with E-state index in [9.17, 15) is 0 Å². The zero-order valence-corrected chi connectivity index (χ0v) is 16.7. The second-order valence-corrected chi connectivity index (χ2v) is 7.46. The highest BCUT2D eigenvalue weighted by atomic mass is 15.3. The van der Waals surface area contributed by atoms with Crippen molar-refractivity contribution in [2.75, 3.05) is 19.6 Å². The first-order valence-electron chi connectivity index (χ1n) is 8.93. The third kappa shape index (κ3) is 6.91. The Kier molecular flexibility index (Phi) is 7.73. The van der Waals surface area contributed by atoms with Crippen molar-refractivity contribution in [2.45, 2.75) is 66.5 Å². The quantitative estimate of drug-likeness (QED) is 0.404. The van der Waals surface area contributed by atoms with Crippen LogP contribution in [0.3, 0.4) is 0 Å². The molecular weight excluding hydrogens is 300 g/mol. The third-order valence-electron chi connectivity index (χ3n) is 3.93. The molecule has 1 heterocycles. The summed E-state index contributed by atoms with van der Waals surface area (Å²) in [6.45, 7) is 17.5. The van der Waals surface area contributed by atoms with Crippen LogP contribution in [0.25, 0.3) is 0 Å². The molecule has 1 unspecified atom stereocenters. The average Bonchev–Trinajstić information content (AvgIpc) is 2.69. The number of aliphatic imine (C=N–C) groups is 1. The standard InChI is InChI=1S/C18H36N6/c1-9-19-17(20-10-11-21-18(5,6)7)22-13(2)12-16-14(3)23-24(8)15(16)4/h13,21H,9-12H2,1-8H3,(H2,19,20,22). The van der Waals surface area contributed by atoms with Gasteiger partial charge >= 0.3 is 0 Å². The van der Waals surface area contributed by atoms with Crippen molar-refractivity contribution in [1.29, 1.82) is 0 Å². The Hall–Kier alpha value is -1.56. The van der Waals surface area contributed by atoms with Gasteiger partial charge in [0.05, 0.1) is 12.2 Å². The minimum absolute atomic E-state index is 0.129. The van der Waals surface area contributed by atoms with Gasteiger partial charge < -0.3 is 16.0 Å². The Morgan fingerprint density at radius 1 is 1.29 bits per heavy atom. The Morgan fingerprint density at radius 3 is 2.46 bits per heavy atom. The molecule has 0 saturated carbocycles. The molecule has 0 aliphatic carbocycles. The molecule has 3 N–H and O–H groups in total. The van der Waals surface area contributed by atoms with Crippen molar-refractivity contribution in [3.63, 3.8) is 0 Å². The molecule has 24 heavy (non-hydrogen) atoms. The lowest BCUT2D eigenvalue weighted by Crippen LogP contribution is -2.44. The lowest BCUT2D eigenvalue weighted by Gasteiger charge is -2.21. The zero-order chi connectivity index (χ0) is 18.3. The molecule has 1 atom stereocenters. The number of guanidine groups is 1. The molecular formula is C18H36N6. The van der Waals surface area contributed by atoms with Gasteiger partial charge in [-0.1, -0.05) is 0 Å². The first-order valence-corrected chi connectivity index (χ1v) is 8.93. The van der Waals surface area contributed by atoms with E-state index in [0.29, 0.717) is 6.04 Å². The summed E-state index contributed by atoms with van der Waals surface area (Å²) in [6.07, 6.45) is 0.941. The lowest BCUT2D eigenvalue weighted by atomic mass is 10.1. The molecule has 1 aromatic rings. The molecule has 0 radical (unpaired) electrons. The van der Waals surface area contributed by atoms with Crippen LogP contribution in [0.5, 0.6) is 0 Å². The second kappa shape index (κ2) is 9.06. The van der Waals surface area contributed by atoms with Crippen LogP contribution in [0.1, 0.15) is 51.6 Å². The summed E-state index contributed by atoms with van der Waals surface area (Å²) in [7, 11) is 2.00. The average molecular weight is 337 g/mol. The van der Waals surface area contributed by atoms with Gasteiger partial charge in [0.15, 0.2) is 5.96 Å². The van der Waals surface area contributed by atoms with Crippen LogP contribution in [0, 0.1) is 13.8 Å². The van der Waals surface area contributed by atoms with Crippen molar-refractivity contribution in [3.8, 4) is 0 Å². The minimum Gasteiger partial charge on any atom is -0.357 e. The largest absolute Gasteiger partial charge is 0.357 e. The first-order chi connectivity index (χ1) is 11.1. The van der Waals surface area contributed by atoms with Gasteiger partial charge in [-0.25, -0.2) is 0 Å². The third-order valence-corrected chi connectivity index (χ3v) is 3.93.